The highest BCUT2D eigenvalue weighted by Gasteiger charge is 2.16. The Bertz CT molecular complexity index is 905. The highest BCUT2D eigenvalue weighted by atomic mass is 16.5. The fraction of sp³-hybridized carbons (Fsp3) is 0.455. The zero-order chi connectivity index (χ0) is 19.9. The number of nitrogens with one attached hydrogen (secondary N) is 2. The Labute approximate surface area is 167 Å². The van der Waals surface area contributed by atoms with Gasteiger partial charge >= 0.3 is 0 Å². The van der Waals surface area contributed by atoms with Gasteiger partial charge in [-0.3, -0.25) is 4.99 Å². The van der Waals surface area contributed by atoms with Crippen LogP contribution in [0.2, 0.25) is 0 Å². The van der Waals surface area contributed by atoms with Crippen molar-refractivity contribution in [2.24, 2.45) is 4.99 Å². The van der Waals surface area contributed by atoms with E-state index in [1.165, 1.54) is 16.5 Å². The topological polar surface area (TPSA) is 67.4 Å². The Kier molecular flexibility index (Phi) is 6.74. The quantitative estimate of drug-likeness (QED) is 0.352. The summed E-state index contributed by atoms with van der Waals surface area (Å²) in [7, 11) is 0. The number of benzene rings is 1. The zero-order valence-electron chi connectivity index (χ0n) is 17.3. The van der Waals surface area contributed by atoms with E-state index in [0.717, 1.165) is 43.5 Å². The number of aliphatic imine (C=N–C) groups is 1. The van der Waals surface area contributed by atoms with Crippen LogP contribution in [0.15, 0.2) is 46.0 Å². The Balaban J connectivity index is 1.52. The minimum atomic E-state index is 0.271. The molecule has 6 heteroatoms. The van der Waals surface area contributed by atoms with Gasteiger partial charge in [-0.1, -0.05) is 30.3 Å². The van der Waals surface area contributed by atoms with E-state index in [-0.39, 0.29) is 5.92 Å². The molecule has 0 saturated carbocycles. The monoisotopic (exact) mass is 381 g/mol. The highest BCUT2D eigenvalue weighted by molar-refractivity contribution is 5.80. The standard InChI is InChI=1S/C22H31N5O/c1-5-23-22(25-15-16(2)21-17(3)26-28-18(21)4)24-12-8-13-27-14-11-19-9-6-7-10-20(19)27/h6-7,9-11,14,16H,5,8,12-13,15H2,1-4H3,(H2,23,24,25). The van der Waals surface area contributed by atoms with E-state index in [9.17, 15) is 0 Å². The van der Waals surface area contributed by atoms with Crippen LogP contribution in [0.1, 0.15) is 43.2 Å². The number of rotatable bonds is 8. The summed E-state index contributed by atoms with van der Waals surface area (Å²) in [5.41, 5.74) is 3.41. The van der Waals surface area contributed by atoms with Gasteiger partial charge in [0.1, 0.15) is 5.76 Å². The molecule has 1 atom stereocenters. The van der Waals surface area contributed by atoms with E-state index in [1.807, 2.05) is 13.8 Å². The van der Waals surface area contributed by atoms with Crippen LogP contribution in [0.25, 0.3) is 10.9 Å². The molecule has 2 N–H and O–H groups in total. The first-order chi connectivity index (χ1) is 13.6. The van der Waals surface area contributed by atoms with Gasteiger partial charge in [-0.2, -0.15) is 0 Å². The number of nitrogens with zero attached hydrogens (tertiary/aromatic N) is 3. The predicted octanol–water partition coefficient (Wildman–Crippen LogP) is 4.00. The van der Waals surface area contributed by atoms with Gasteiger partial charge in [0.2, 0.25) is 0 Å². The summed E-state index contributed by atoms with van der Waals surface area (Å²) in [5.74, 6) is 2.02. The third kappa shape index (κ3) is 4.74. The molecule has 3 rings (SSSR count). The fourth-order valence-electron chi connectivity index (χ4n) is 3.65. The van der Waals surface area contributed by atoms with Crippen LogP contribution in [0, 0.1) is 13.8 Å². The number of hydrogen-bond acceptors (Lipinski definition) is 3. The molecule has 0 saturated heterocycles. The summed E-state index contributed by atoms with van der Waals surface area (Å²) < 4.78 is 7.59. The van der Waals surface area contributed by atoms with Crippen molar-refractivity contribution in [2.45, 2.75) is 46.6 Å². The lowest BCUT2D eigenvalue weighted by atomic mass is 10.00. The number of aromatic nitrogens is 2. The van der Waals surface area contributed by atoms with Crippen LogP contribution in [0.3, 0.4) is 0 Å². The SMILES string of the molecule is CCNC(=NCC(C)c1c(C)noc1C)NCCCn1ccc2ccccc21. The molecule has 1 aromatic carbocycles. The van der Waals surface area contributed by atoms with Gasteiger partial charge in [0.15, 0.2) is 5.96 Å². The Morgan fingerprint density at radius 1 is 1.21 bits per heavy atom. The number of aryl methyl sites for hydroxylation is 3. The van der Waals surface area contributed by atoms with Crippen molar-refractivity contribution in [1.29, 1.82) is 0 Å². The highest BCUT2D eigenvalue weighted by Crippen LogP contribution is 2.23. The van der Waals surface area contributed by atoms with Gasteiger partial charge in [0.25, 0.3) is 0 Å². The van der Waals surface area contributed by atoms with Crippen molar-refractivity contribution < 1.29 is 4.52 Å². The maximum atomic E-state index is 5.28. The second-order valence-electron chi connectivity index (χ2n) is 7.21. The molecule has 2 aromatic heterocycles. The van der Waals surface area contributed by atoms with Gasteiger partial charge in [0, 0.05) is 49.4 Å². The summed E-state index contributed by atoms with van der Waals surface area (Å²) in [6.45, 7) is 11.6. The molecule has 0 aliphatic rings. The first-order valence-corrected chi connectivity index (χ1v) is 10.1. The normalized spacial score (nSPS) is 13.1. The van der Waals surface area contributed by atoms with E-state index in [4.69, 9.17) is 9.52 Å². The molecular formula is C22H31N5O. The lowest BCUT2D eigenvalue weighted by Gasteiger charge is -2.14. The lowest BCUT2D eigenvalue weighted by Crippen LogP contribution is -2.38. The first kappa shape index (κ1) is 20.0. The molecule has 0 spiro atoms. The van der Waals surface area contributed by atoms with E-state index < -0.39 is 0 Å². The second-order valence-corrected chi connectivity index (χ2v) is 7.21. The van der Waals surface area contributed by atoms with Crippen molar-refractivity contribution in [3.8, 4) is 0 Å². The summed E-state index contributed by atoms with van der Waals surface area (Å²) in [4.78, 5) is 4.75. The fourth-order valence-corrected chi connectivity index (χ4v) is 3.65. The van der Waals surface area contributed by atoms with Crippen molar-refractivity contribution in [1.82, 2.24) is 20.4 Å². The number of guanidine groups is 1. The first-order valence-electron chi connectivity index (χ1n) is 10.1. The van der Waals surface area contributed by atoms with Gasteiger partial charge in [-0.25, -0.2) is 0 Å². The molecule has 0 radical (unpaired) electrons. The van der Waals surface area contributed by atoms with Crippen LogP contribution in [-0.4, -0.2) is 35.3 Å². The third-order valence-corrected chi connectivity index (χ3v) is 5.00. The largest absolute Gasteiger partial charge is 0.361 e. The summed E-state index contributed by atoms with van der Waals surface area (Å²) in [6, 6.07) is 10.7. The Hall–Kier alpha value is -2.76. The van der Waals surface area contributed by atoms with E-state index in [2.05, 4.69) is 70.7 Å². The van der Waals surface area contributed by atoms with Gasteiger partial charge in [-0.15, -0.1) is 0 Å². The summed E-state index contributed by atoms with van der Waals surface area (Å²) in [5, 5.41) is 12.1. The zero-order valence-corrected chi connectivity index (χ0v) is 17.3. The van der Waals surface area contributed by atoms with Crippen molar-refractivity contribution >= 4 is 16.9 Å². The van der Waals surface area contributed by atoms with Crippen molar-refractivity contribution in [2.75, 3.05) is 19.6 Å². The molecule has 2 heterocycles. The van der Waals surface area contributed by atoms with Gasteiger partial charge in [0.05, 0.1) is 5.69 Å². The van der Waals surface area contributed by atoms with Crippen LogP contribution in [-0.2, 0) is 6.54 Å². The molecule has 0 bridgehead atoms. The maximum Gasteiger partial charge on any atom is 0.191 e. The Morgan fingerprint density at radius 3 is 2.79 bits per heavy atom. The van der Waals surface area contributed by atoms with Crippen LogP contribution < -0.4 is 10.6 Å². The molecule has 0 aliphatic heterocycles. The summed E-state index contributed by atoms with van der Waals surface area (Å²) in [6.07, 6.45) is 3.19. The smallest absolute Gasteiger partial charge is 0.191 e. The average Bonchev–Trinajstić information content (AvgIpc) is 3.26. The molecule has 0 fully saturated rings. The molecule has 150 valence electrons. The van der Waals surface area contributed by atoms with Crippen LogP contribution >= 0.6 is 0 Å². The van der Waals surface area contributed by atoms with Crippen LogP contribution in [0.4, 0.5) is 0 Å². The van der Waals surface area contributed by atoms with E-state index >= 15 is 0 Å². The molecule has 1 unspecified atom stereocenters. The van der Waals surface area contributed by atoms with Crippen molar-refractivity contribution in [3.63, 3.8) is 0 Å². The molecule has 0 amide bonds. The second kappa shape index (κ2) is 9.44. The third-order valence-electron chi connectivity index (χ3n) is 5.00. The molecule has 0 aliphatic carbocycles. The molecule has 3 aromatic rings. The molecular weight excluding hydrogens is 350 g/mol. The average molecular weight is 382 g/mol. The predicted molar refractivity (Wildman–Crippen MR) is 115 cm³/mol. The minimum absolute atomic E-state index is 0.271. The van der Waals surface area contributed by atoms with Crippen LogP contribution in [0.5, 0.6) is 0 Å². The Morgan fingerprint density at radius 2 is 2.04 bits per heavy atom. The number of hydrogen-bond donors (Lipinski definition) is 2. The van der Waals surface area contributed by atoms with Crippen molar-refractivity contribution in [3.05, 3.63) is 53.5 Å². The number of para-hydroxylation sites is 1. The number of fused-ring (bicyclic) bond motifs is 1. The maximum absolute atomic E-state index is 5.28. The molecule has 6 nitrogen and oxygen atoms in total. The molecule has 28 heavy (non-hydrogen) atoms. The van der Waals surface area contributed by atoms with Gasteiger partial charge < -0.3 is 19.7 Å². The lowest BCUT2D eigenvalue weighted by molar-refractivity contribution is 0.391. The minimum Gasteiger partial charge on any atom is -0.361 e. The summed E-state index contributed by atoms with van der Waals surface area (Å²) >= 11 is 0. The van der Waals surface area contributed by atoms with E-state index in [0.29, 0.717) is 6.54 Å². The van der Waals surface area contributed by atoms with Gasteiger partial charge in [-0.05, 0) is 44.7 Å². The van der Waals surface area contributed by atoms with E-state index in [1.54, 1.807) is 0 Å².